The summed E-state index contributed by atoms with van der Waals surface area (Å²) in [7, 11) is 2.19. The molecule has 0 saturated carbocycles. The maximum atomic E-state index is 5.87. The monoisotopic (exact) mass is 224 g/mol. The van der Waals surface area contributed by atoms with E-state index < -0.39 is 0 Å². The van der Waals surface area contributed by atoms with E-state index in [0.717, 1.165) is 12.3 Å². The van der Waals surface area contributed by atoms with Crippen LogP contribution < -0.4 is 0 Å². The molecule has 2 nitrogen and oxygen atoms in total. The van der Waals surface area contributed by atoms with E-state index in [1.807, 2.05) is 6.07 Å². The fraction of sp³-hybridized carbons (Fsp3) is 0.583. The van der Waals surface area contributed by atoms with Gasteiger partial charge in [0.15, 0.2) is 0 Å². The van der Waals surface area contributed by atoms with Crippen LogP contribution in [0.3, 0.4) is 0 Å². The molecule has 1 saturated heterocycles. The molecular formula is C12H17ClN2. The van der Waals surface area contributed by atoms with E-state index in [1.165, 1.54) is 31.5 Å². The standard InChI is InChI=1S/C12H17ClN2/c1-15-6-3-10(4-7-15)8-11-2-5-14-12(13)9-11/h2,5,9-10H,3-4,6-8H2,1H3. The molecule has 0 amide bonds. The molecule has 2 heterocycles. The van der Waals surface area contributed by atoms with Gasteiger partial charge in [-0.15, -0.1) is 0 Å². The highest BCUT2D eigenvalue weighted by molar-refractivity contribution is 6.29. The molecule has 82 valence electrons. The third kappa shape index (κ3) is 3.18. The van der Waals surface area contributed by atoms with Gasteiger partial charge in [-0.25, -0.2) is 4.98 Å². The van der Waals surface area contributed by atoms with Gasteiger partial charge in [-0.05, 0) is 63.0 Å². The van der Waals surface area contributed by atoms with E-state index >= 15 is 0 Å². The highest BCUT2D eigenvalue weighted by Crippen LogP contribution is 2.21. The van der Waals surface area contributed by atoms with Crippen LogP contribution in [0.4, 0.5) is 0 Å². The van der Waals surface area contributed by atoms with Crippen molar-refractivity contribution in [1.29, 1.82) is 0 Å². The molecule has 0 N–H and O–H groups in total. The van der Waals surface area contributed by atoms with Crippen molar-refractivity contribution in [3.05, 3.63) is 29.0 Å². The molecule has 0 atom stereocenters. The van der Waals surface area contributed by atoms with Gasteiger partial charge < -0.3 is 4.90 Å². The Morgan fingerprint density at radius 1 is 1.47 bits per heavy atom. The zero-order valence-corrected chi connectivity index (χ0v) is 9.87. The lowest BCUT2D eigenvalue weighted by Crippen LogP contribution is -2.30. The third-order valence-corrected chi connectivity index (χ3v) is 3.36. The molecule has 3 heteroatoms. The predicted molar refractivity (Wildman–Crippen MR) is 63.2 cm³/mol. The SMILES string of the molecule is CN1CCC(Cc2ccnc(Cl)c2)CC1. The van der Waals surface area contributed by atoms with Crippen LogP contribution in [0.2, 0.25) is 5.15 Å². The van der Waals surface area contributed by atoms with Crippen LogP contribution in [0.5, 0.6) is 0 Å². The van der Waals surface area contributed by atoms with Crippen molar-refractivity contribution < 1.29 is 0 Å². The maximum absolute atomic E-state index is 5.87. The predicted octanol–water partition coefficient (Wildman–Crippen LogP) is 2.62. The summed E-state index contributed by atoms with van der Waals surface area (Å²) in [6.45, 7) is 2.45. The molecule has 15 heavy (non-hydrogen) atoms. The third-order valence-electron chi connectivity index (χ3n) is 3.15. The quantitative estimate of drug-likeness (QED) is 0.718. The zero-order valence-electron chi connectivity index (χ0n) is 9.12. The van der Waals surface area contributed by atoms with E-state index in [0.29, 0.717) is 5.15 Å². The molecular weight excluding hydrogens is 208 g/mol. The Morgan fingerprint density at radius 3 is 2.87 bits per heavy atom. The van der Waals surface area contributed by atoms with E-state index in [-0.39, 0.29) is 0 Å². The summed E-state index contributed by atoms with van der Waals surface area (Å²) in [4.78, 5) is 6.40. The first-order chi connectivity index (χ1) is 7.24. The van der Waals surface area contributed by atoms with Crippen LogP contribution in [-0.2, 0) is 6.42 Å². The highest BCUT2D eigenvalue weighted by atomic mass is 35.5. The molecule has 0 bridgehead atoms. The minimum Gasteiger partial charge on any atom is -0.306 e. The van der Waals surface area contributed by atoms with E-state index in [1.54, 1.807) is 6.20 Å². The molecule has 0 unspecified atom stereocenters. The van der Waals surface area contributed by atoms with Gasteiger partial charge >= 0.3 is 0 Å². The van der Waals surface area contributed by atoms with E-state index in [2.05, 4.69) is 23.0 Å². The lowest BCUT2D eigenvalue weighted by Gasteiger charge is -2.28. The van der Waals surface area contributed by atoms with Crippen molar-refractivity contribution in [2.24, 2.45) is 5.92 Å². The summed E-state index contributed by atoms with van der Waals surface area (Å²) < 4.78 is 0. The van der Waals surface area contributed by atoms with Gasteiger partial charge in [0.2, 0.25) is 0 Å². The van der Waals surface area contributed by atoms with Crippen LogP contribution in [0, 0.1) is 5.92 Å². The first kappa shape index (κ1) is 10.9. The van der Waals surface area contributed by atoms with Gasteiger partial charge in [-0.2, -0.15) is 0 Å². The van der Waals surface area contributed by atoms with Gasteiger partial charge in [0.1, 0.15) is 5.15 Å². The Labute approximate surface area is 96.3 Å². The van der Waals surface area contributed by atoms with Gasteiger partial charge in [0.25, 0.3) is 0 Å². The average molecular weight is 225 g/mol. The lowest BCUT2D eigenvalue weighted by molar-refractivity contribution is 0.219. The first-order valence-electron chi connectivity index (χ1n) is 5.53. The van der Waals surface area contributed by atoms with E-state index in [9.17, 15) is 0 Å². The summed E-state index contributed by atoms with van der Waals surface area (Å²) in [6, 6.07) is 4.06. The smallest absolute Gasteiger partial charge is 0.129 e. The number of hydrogen-bond acceptors (Lipinski definition) is 2. The molecule has 1 aromatic heterocycles. The van der Waals surface area contributed by atoms with Crippen molar-refractivity contribution in [2.75, 3.05) is 20.1 Å². The summed E-state index contributed by atoms with van der Waals surface area (Å²) in [5.74, 6) is 0.819. The van der Waals surface area contributed by atoms with Gasteiger partial charge in [-0.1, -0.05) is 11.6 Å². The number of nitrogens with zero attached hydrogens (tertiary/aromatic N) is 2. The Morgan fingerprint density at radius 2 is 2.20 bits per heavy atom. The van der Waals surface area contributed by atoms with Gasteiger partial charge in [-0.3, -0.25) is 0 Å². The molecule has 0 radical (unpaired) electrons. The number of halogens is 1. The molecule has 0 aromatic carbocycles. The molecule has 2 rings (SSSR count). The van der Waals surface area contributed by atoms with Gasteiger partial charge in [0.05, 0.1) is 0 Å². The van der Waals surface area contributed by atoms with Crippen LogP contribution in [0.1, 0.15) is 18.4 Å². The van der Waals surface area contributed by atoms with E-state index in [4.69, 9.17) is 11.6 Å². The molecule has 1 aromatic rings. The summed E-state index contributed by atoms with van der Waals surface area (Å²) in [5.41, 5.74) is 1.32. The Bertz CT molecular complexity index is 319. The Hall–Kier alpha value is -0.600. The second-order valence-corrected chi connectivity index (χ2v) is 4.82. The zero-order chi connectivity index (χ0) is 10.7. The highest BCUT2D eigenvalue weighted by Gasteiger charge is 2.16. The van der Waals surface area contributed by atoms with Crippen molar-refractivity contribution in [3.63, 3.8) is 0 Å². The molecule has 1 aliphatic heterocycles. The molecule has 0 spiro atoms. The molecule has 1 aliphatic rings. The fourth-order valence-corrected chi connectivity index (χ4v) is 2.37. The second-order valence-electron chi connectivity index (χ2n) is 4.44. The fourth-order valence-electron chi connectivity index (χ4n) is 2.17. The Kier molecular flexibility index (Phi) is 3.60. The number of aromatic nitrogens is 1. The maximum Gasteiger partial charge on any atom is 0.129 e. The van der Waals surface area contributed by atoms with Crippen molar-refractivity contribution in [1.82, 2.24) is 9.88 Å². The van der Waals surface area contributed by atoms with Crippen LogP contribution in [-0.4, -0.2) is 30.0 Å². The normalized spacial score (nSPS) is 19.3. The minimum absolute atomic E-state index is 0.612. The number of pyridine rings is 1. The van der Waals surface area contributed by atoms with Crippen LogP contribution in [0.25, 0.3) is 0 Å². The summed E-state index contributed by atoms with van der Waals surface area (Å²) >= 11 is 5.87. The number of hydrogen-bond donors (Lipinski definition) is 0. The summed E-state index contributed by atoms with van der Waals surface area (Å²) in [5, 5.41) is 0.612. The summed E-state index contributed by atoms with van der Waals surface area (Å²) in [6.07, 6.45) is 5.55. The molecule has 0 aliphatic carbocycles. The Balaban J connectivity index is 1.92. The number of likely N-dealkylation sites (tertiary alicyclic amines) is 1. The average Bonchev–Trinajstić information content (AvgIpc) is 2.22. The van der Waals surface area contributed by atoms with Crippen LogP contribution in [0.15, 0.2) is 18.3 Å². The first-order valence-corrected chi connectivity index (χ1v) is 5.91. The van der Waals surface area contributed by atoms with Gasteiger partial charge in [0, 0.05) is 6.20 Å². The lowest BCUT2D eigenvalue weighted by atomic mass is 9.91. The van der Waals surface area contributed by atoms with Crippen molar-refractivity contribution >= 4 is 11.6 Å². The minimum atomic E-state index is 0.612. The molecule has 1 fully saturated rings. The second kappa shape index (κ2) is 4.95. The van der Waals surface area contributed by atoms with Crippen molar-refractivity contribution in [2.45, 2.75) is 19.3 Å². The van der Waals surface area contributed by atoms with Crippen molar-refractivity contribution in [3.8, 4) is 0 Å². The topological polar surface area (TPSA) is 16.1 Å². The largest absolute Gasteiger partial charge is 0.306 e. The van der Waals surface area contributed by atoms with Crippen LogP contribution >= 0.6 is 11.6 Å². The number of piperidine rings is 1. The number of rotatable bonds is 2.